The topological polar surface area (TPSA) is 76.7 Å². The van der Waals surface area contributed by atoms with Gasteiger partial charge in [-0.3, -0.25) is 9.00 Å². The molecule has 2 aliphatic rings. The van der Waals surface area contributed by atoms with Gasteiger partial charge < -0.3 is 20.1 Å². The van der Waals surface area contributed by atoms with E-state index in [1.54, 1.807) is 18.2 Å². The summed E-state index contributed by atoms with van der Waals surface area (Å²) < 4.78 is 23.3. The molecule has 134 valence electrons. The lowest BCUT2D eigenvalue weighted by Crippen LogP contribution is -2.37. The smallest absolute Gasteiger partial charge is 0.220 e. The molecule has 24 heavy (non-hydrogen) atoms. The number of amides is 1. The minimum atomic E-state index is -1.22. The number of nitrogens with one attached hydrogen (secondary N) is 2. The molecule has 0 aromatic heterocycles. The van der Waals surface area contributed by atoms with E-state index in [-0.39, 0.29) is 24.7 Å². The van der Waals surface area contributed by atoms with Crippen molar-refractivity contribution < 1.29 is 18.5 Å². The SMILES string of the molecule is Cl.O=C(CCS(=O)c1ccc2c(c1)OCCO2)NCC1CCCN1. The van der Waals surface area contributed by atoms with E-state index in [4.69, 9.17) is 9.47 Å². The van der Waals surface area contributed by atoms with Gasteiger partial charge in [-0.1, -0.05) is 0 Å². The third-order valence-electron chi connectivity index (χ3n) is 4.00. The van der Waals surface area contributed by atoms with Crippen molar-refractivity contribution in [2.24, 2.45) is 0 Å². The molecular formula is C16H23ClN2O4S. The third-order valence-corrected chi connectivity index (χ3v) is 5.35. The molecule has 0 radical (unpaired) electrons. The summed E-state index contributed by atoms with van der Waals surface area (Å²) in [5.41, 5.74) is 0. The van der Waals surface area contributed by atoms with Crippen LogP contribution >= 0.6 is 12.4 Å². The summed E-state index contributed by atoms with van der Waals surface area (Å²) in [5, 5.41) is 6.23. The summed E-state index contributed by atoms with van der Waals surface area (Å²) >= 11 is 0. The molecule has 0 saturated carbocycles. The van der Waals surface area contributed by atoms with Crippen molar-refractivity contribution in [3.05, 3.63) is 18.2 Å². The quantitative estimate of drug-likeness (QED) is 0.783. The van der Waals surface area contributed by atoms with Crippen molar-refractivity contribution in [1.29, 1.82) is 0 Å². The highest BCUT2D eigenvalue weighted by Crippen LogP contribution is 2.31. The van der Waals surface area contributed by atoms with Crippen molar-refractivity contribution in [2.75, 3.05) is 32.1 Å². The van der Waals surface area contributed by atoms with E-state index in [1.807, 2.05) is 0 Å². The van der Waals surface area contributed by atoms with Crippen LogP contribution in [0.5, 0.6) is 11.5 Å². The number of hydrogen-bond donors (Lipinski definition) is 2. The largest absolute Gasteiger partial charge is 0.486 e. The molecule has 3 rings (SSSR count). The van der Waals surface area contributed by atoms with Gasteiger partial charge in [-0.25, -0.2) is 0 Å². The van der Waals surface area contributed by atoms with E-state index in [2.05, 4.69) is 10.6 Å². The zero-order chi connectivity index (χ0) is 16.1. The fourth-order valence-electron chi connectivity index (χ4n) is 2.72. The summed E-state index contributed by atoms with van der Waals surface area (Å²) in [7, 11) is -1.22. The average molecular weight is 375 g/mol. The standard InChI is InChI=1S/C16H22N2O4S.ClH/c19-16(18-11-12-2-1-6-17-12)5-9-23(20)13-3-4-14-15(10-13)22-8-7-21-14;/h3-4,10,12,17H,1-2,5-9,11H2,(H,18,19);1H. The van der Waals surface area contributed by atoms with E-state index in [0.717, 1.165) is 19.4 Å². The summed E-state index contributed by atoms with van der Waals surface area (Å²) in [6, 6.07) is 5.66. The van der Waals surface area contributed by atoms with Crippen LogP contribution in [-0.2, 0) is 15.6 Å². The number of fused-ring (bicyclic) bond motifs is 1. The van der Waals surface area contributed by atoms with Gasteiger partial charge in [0.25, 0.3) is 0 Å². The molecule has 2 unspecified atom stereocenters. The Morgan fingerprint density at radius 3 is 2.83 bits per heavy atom. The van der Waals surface area contributed by atoms with Gasteiger partial charge in [-0.2, -0.15) is 0 Å². The minimum Gasteiger partial charge on any atom is -0.486 e. The van der Waals surface area contributed by atoms with Crippen LogP contribution in [-0.4, -0.2) is 48.2 Å². The van der Waals surface area contributed by atoms with Crippen LogP contribution in [0.15, 0.2) is 23.1 Å². The van der Waals surface area contributed by atoms with Crippen LogP contribution in [0, 0.1) is 0 Å². The van der Waals surface area contributed by atoms with E-state index in [0.29, 0.717) is 47.9 Å². The Hall–Kier alpha value is -1.31. The molecule has 2 aliphatic heterocycles. The first-order chi connectivity index (χ1) is 11.2. The normalized spacial score (nSPS) is 20.1. The van der Waals surface area contributed by atoms with Gasteiger partial charge in [0.15, 0.2) is 11.5 Å². The zero-order valence-electron chi connectivity index (χ0n) is 13.4. The Balaban J connectivity index is 0.00000208. The number of hydrogen-bond acceptors (Lipinski definition) is 5. The average Bonchev–Trinajstić information content (AvgIpc) is 3.11. The Morgan fingerprint density at radius 2 is 2.08 bits per heavy atom. The molecule has 1 amide bonds. The molecule has 8 heteroatoms. The van der Waals surface area contributed by atoms with Crippen molar-refractivity contribution in [2.45, 2.75) is 30.2 Å². The number of benzene rings is 1. The molecule has 2 N–H and O–H groups in total. The minimum absolute atomic E-state index is 0. The fourth-order valence-corrected chi connectivity index (χ4v) is 3.79. The number of carbonyl (C=O) groups excluding carboxylic acids is 1. The second-order valence-corrected chi connectivity index (χ2v) is 7.27. The van der Waals surface area contributed by atoms with Crippen LogP contribution in [0.25, 0.3) is 0 Å². The van der Waals surface area contributed by atoms with Gasteiger partial charge in [0.2, 0.25) is 5.91 Å². The van der Waals surface area contributed by atoms with Gasteiger partial charge in [-0.05, 0) is 31.5 Å². The highest BCUT2D eigenvalue weighted by Gasteiger charge is 2.17. The predicted molar refractivity (Wildman–Crippen MR) is 94.6 cm³/mol. The molecular weight excluding hydrogens is 352 g/mol. The van der Waals surface area contributed by atoms with Crippen LogP contribution in [0.1, 0.15) is 19.3 Å². The second-order valence-electron chi connectivity index (χ2n) is 5.70. The fraction of sp³-hybridized carbons (Fsp3) is 0.562. The van der Waals surface area contributed by atoms with Crippen LogP contribution in [0.2, 0.25) is 0 Å². The molecule has 1 aromatic rings. The van der Waals surface area contributed by atoms with Gasteiger partial charge in [0.05, 0.1) is 10.8 Å². The molecule has 1 fully saturated rings. The maximum absolute atomic E-state index is 12.3. The van der Waals surface area contributed by atoms with Crippen molar-refractivity contribution in [1.82, 2.24) is 10.6 Å². The summed E-state index contributed by atoms with van der Waals surface area (Å²) in [6.07, 6.45) is 2.52. The van der Waals surface area contributed by atoms with Crippen LogP contribution < -0.4 is 20.1 Å². The predicted octanol–water partition coefficient (Wildman–Crippen LogP) is 1.25. The summed E-state index contributed by atoms with van der Waals surface area (Å²) in [6.45, 7) is 2.70. The third kappa shape index (κ3) is 5.09. The number of carbonyl (C=O) groups is 1. The first-order valence-corrected chi connectivity index (χ1v) is 9.32. The van der Waals surface area contributed by atoms with Gasteiger partial charge in [-0.15, -0.1) is 12.4 Å². The maximum Gasteiger partial charge on any atom is 0.220 e. The summed E-state index contributed by atoms with van der Waals surface area (Å²) in [4.78, 5) is 12.5. The van der Waals surface area contributed by atoms with Crippen LogP contribution in [0.4, 0.5) is 0 Å². The van der Waals surface area contributed by atoms with Gasteiger partial charge in [0, 0.05) is 35.7 Å². The van der Waals surface area contributed by atoms with Gasteiger partial charge in [0.1, 0.15) is 13.2 Å². The Morgan fingerprint density at radius 1 is 1.29 bits per heavy atom. The molecule has 1 saturated heterocycles. The van der Waals surface area contributed by atoms with E-state index >= 15 is 0 Å². The lowest BCUT2D eigenvalue weighted by Gasteiger charge is -2.18. The monoisotopic (exact) mass is 374 g/mol. The molecule has 0 aliphatic carbocycles. The zero-order valence-corrected chi connectivity index (χ0v) is 15.0. The van der Waals surface area contributed by atoms with Crippen molar-refractivity contribution >= 4 is 29.1 Å². The molecule has 2 heterocycles. The first-order valence-electron chi connectivity index (χ1n) is 8.00. The van der Waals surface area contributed by atoms with Crippen molar-refractivity contribution in [3.63, 3.8) is 0 Å². The van der Waals surface area contributed by atoms with Crippen LogP contribution in [0.3, 0.4) is 0 Å². The van der Waals surface area contributed by atoms with E-state index in [9.17, 15) is 9.00 Å². The van der Waals surface area contributed by atoms with Crippen molar-refractivity contribution in [3.8, 4) is 11.5 Å². The molecule has 0 bridgehead atoms. The highest BCUT2D eigenvalue weighted by atomic mass is 35.5. The Bertz CT molecular complexity index is 593. The Kier molecular flexibility index (Phi) is 7.33. The number of rotatable bonds is 6. The van der Waals surface area contributed by atoms with E-state index in [1.165, 1.54) is 0 Å². The highest BCUT2D eigenvalue weighted by molar-refractivity contribution is 7.85. The number of ether oxygens (including phenoxy) is 2. The Labute approximate surface area is 150 Å². The van der Waals surface area contributed by atoms with E-state index < -0.39 is 10.8 Å². The molecule has 6 nitrogen and oxygen atoms in total. The van der Waals surface area contributed by atoms with Gasteiger partial charge >= 0.3 is 0 Å². The lowest BCUT2D eigenvalue weighted by atomic mass is 10.2. The maximum atomic E-state index is 12.3. The first kappa shape index (κ1) is 19.0. The molecule has 1 aromatic carbocycles. The number of halogens is 1. The lowest BCUT2D eigenvalue weighted by molar-refractivity contribution is -0.120. The summed E-state index contributed by atoms with van der Waals surface area (Å²) in [5.74, 6) is 1.56. The second kappa shape index (κ2) is 9.25. The molecule has 2 atom stereocenters. The molecule has 0 spiro atoms.